The molecule has 0 saturated carbocycles. The molecule has 0 aliphatic carbocycles. The van der Waals surface area contributed by atoms with Gasteiger partial charge in [0.15, 0.2) is 0 Å². The van der Waals surface area contributed by atoms with Gasteiger partial charge in [-0.15, -0.1) is 6.58 Å². The predicted octanol–water partition coefficient (Wildman–Crippen LogP) is 2.68. The molecule has 0 aliphatic heterocycles. The fraction of sp³-hybridized carbons (Fsp3) is 0.133. The van der Waals surface area contributed by atoms with Gasteiger partial charge in [0.25, 0.3) is 5.56 Å². The molecule has 0 fully saturated rings. The second-order valence-corrected chi connectivity index (χ2v) is 5.11. The zero-order chi connectivity index (χ0) is 15.2. The minimum absolute atomic E-state index is 0.217. The number of hydrogen-bond donors (Lipinski definition) is 1. The highest BCUT2D eigenvalue weighted by atomic mass is 79.9. The molecule has 21 heavy (non-hydrogen) atoms. The van der Waals surface area contributed by atoms with Crippen molar-refractivity contribution in [3.63, 3.8) is 0 Å². The number of allylic oxidation sites excluding steroid dienone is 1. The Bertz CT molecular complexity index is 761. The van der Waals surface area contributed by atoms with E-state index < -0.39 is 0 Å². The highest BCUT2D eigenvalue weighted by molar-refractivity contribution is 9.10. The van der Waals surface area contributed by atoms with Crippen LogP contribution in [0.4, 0.5) is 5.69 Å². The van der Waals surface area contributed by atoms with Gasteiger partial charge in [-0.25, -0.2) is 4.68 Å². The van der Waals surface area contributed by atoms with Crippen molar-refractivity contribution in [2.45, 2.75) is 13.1 Å². The molecule has 0 unspecified atom stereocenters. The third-order valence-corrected chi connectivity index (χ3v) is 3.59. The van der Waals surface area contributed by atoms with Crippen LogP contribution in [0.25, 0.3) is 0 Å². The van der Waals surface area contributed by atoms with Gasteiger partial charge in [-0.1, -0.05) is 18.2 Å². The monoisotopic (exact) mass is 344 g/mol. The Kier molecular flexibility index (Phi) is 4.90. The van der Waals surface area contributed by atoms with Crippen molar-refractivity contribution in [3.8, 4) is 6.07 Å². The van der Waals surface area contributed by atoms with Gasteiger partial charge in [-0.2, -0.15) is 10.4 Å². The van der Waals surface area contributed by atoms with Gasteiger partial charge in [0.2, 0.25) is 0 Å². The SMILES string of the molecule is C=CCn1ncc(NCc2cccc(C#N)c2)c(Br)c1=O. The van der Waals surface area contributed by atoms with E-state index in [0.717, 1.165) is 5.56 Å². The lowest BCUT2D eigenvalue weighted by molar-refractivity contribution is 0.649. The molecule has 1 aromatic heterocycles. The first kappa shape index (κ1) is 15.0. The van der Waals surface area contributed by atoms with Crippen LogP contribution >= 0.6 is 15.9 Å². The van der Waals surface area contributed by atoms with Gasteiger partial charge in [0.05, 0.1) is 30.1 Å². The van der Waals surface area contributed by atoms with Crippen LogP contribution in [0.5, 0.6) is 0 Å². The molecule has 2 aromatic rings. The second kappa shape index (κ2) is 6.86. The number of benzene rings is 1. The number of halogens is 1. The summed E-state index contributed by atoms with van der Waals surface area (Å²) >= 11 is 3.28. The maximum Gasteiger partial charge on any atom is 0.283 e. The molecule has 0 radical (unpaired) electrons. The third kappa shape index (κ3) is 3.58. The number of nitrogens with one attached hydrogen (secondary N) is 1. The molecule has 2 rings (SSSR count). The maximum absolute atomic E-state index is 12.0. The summed E-state index contributed by atoms with van der Waals surface area (Å²) in [7, 11) is 0. The van der Waals surface area contributed by atoms with Crippen LogP contribution in [0.15, 0.2) is 52.4 Å². The van der Waals surface area contributed by atoms with Crippen molar-refractivity contribution in [1.82, 2.24) is 9.78 Å². The molecule has 0 amide bonds. The zero-order valence-corrected chi connectivity index (χ0v) is 12.8. The van der Waals surface area contributed by atoms with E-state index in [-0.39, 0.29) is 5.56 Å². The van der Waals surface area contributed by atoms with Crippen LogP contribution in [-0.2, 0) is 13.1 Å². The van der Waals surface area contributed by atoms with Gasteiger partial charge < -0.3 is 5.32 Å². The zero-order valence-electron chi connectivity index (χ0n) is 11.2. The molecule has 1 aromatic carbocycles. The van der Waals surface area contributed by atoms with Crippen molar-refractivity contribution in [2.75, 3.05) is 5.32 Å². The Morgan fingerprint density at radius 2 is 2.33 bits per heavy atom. The minimum atomic E-state index is -0.217. The van der Waals surface area contributed by atoms with E-state index >= 15 is 0 Å². The number of anilines is 1. The molecule has 5 nitrogen and oxygen atoms in total. The Morgan fingerprint density at radius 3 is 3.05 bits per heavy atom. The topological polar surface area (TPSA) is 70.7 Å². The molecular formula is C15H13BrN4O. The molecule has 0 saturated heterocycles. The van der Waals surface area contributed by atoms with Crippen molar-refractivity contribution in [1.29, 1.82) is 5.26 Å². The summed E-state index contributed by atoms with van der Waals surface area (Å²) in [4.78, 5) is 12.0. The molecule has 1 heterocycles. The van der Waals surface area contributed by atoms with Crippen LogP contribution < -0.4 is 10.9 Å². The predicted molar refractivity (Wildman–Crippen MR) is 84.9 cm³/mol. The van der Waals surface area contributed by atoms with Crippen molar-refractivity contribution in [3.05, 3.63) is 69.1 Å². The summed E-state index contributed by atoms with van der Waals surface area (Å²) in [6.45, 7) is 4.45. The van der Waals surface area contributed by atoms with Gasteiger partial charge in [-0.3, -0.25) is 4.79 Å². The standard InChI is InChI=1S/C15H13BrN4O/c1-2-6-20-15(21)14(16)13(10-19-20)18-9-12-5-3-4-11(7-12)8-17/h2-5,7,10,18H,1,6,9H2. The van der Waals surface area contributed by atoms with Crippen molar-refractivity contribution >= 4 is 21.6 Å². The van der Waals surface area contributed by atoms with Crippen LogP contribution in [0.2, 0.25) is 0 Å². The van der Waals surface area contributed by atoms with E-state index in [2.05, 4.69) is 39.0 Å². The van der Waals surface area contributed by atoms with Crippen LogP contribution in [0.3, 0.4) is 0 Å². The normalized spacial score (nSPS) is 9.90. The van der Waals surface area contributed by atoms with Crippen molar-refractivity contribution in [2.24, 2.45) is 0 Å². The molecule has 0 aliphatic rings. The quantitative estimate of drug-likeness (QED) is 0.846. The van der Waals surface area contributed by atoms with E-state index in [1.165, 1.54) is 4.68 Å². The lowest BCUT2D eigenvalue weighted by Gasteiger charge is -2.09. The van der Waals surface area contributed by atoms with E-state index in [9.17, 15) is 4.79 Å². The summed E-state index contributed by atoms with van der Waals surface area (Å²) < 4.78 is 1.74. The van der Waals surface area contributed by atoms with Gasteiger partial charge in [0, 0.05) is 6.54 Å². The number of hydrogen-bond acceptors (Lipinski definition) is 4. The Hall–Kier alpha value is -2.39. The Labute approximate surface area is 130 Å². The Balaban J connectivity index is 2.17. The fourth-order valence-electron chi connectivity index (χ4n) is 1.79. The molecule has 0 bridgehead atoms. The van der Waals surface area contributed by atoms with Gasteiger partial charge in [0.1, 0.15) is 4.47 Å². The highest BCUT2D eigenvalue weighted by Gasteiger charge is 2.07. The van der Waals surface area contributed by atoms with Crippen LogP contribution in [0.1, 0.15) is 11.1 Å². The molecule has 0 spiro atoms. The molecular weight excluding hydrogens is 332 g/mol. The smallest absolute Gasteiger partial charge is 0.283 e. The summed E-state index contributed by atoms with van der Waals surface area (Å²) in [6.07, 6.45) is 3.20. The fourth-order valence-corrected chi connectivity index (χ4v) is 2.24. The van der Waals surface area contributed by atoms with Crippen molar-refractivity contribution < 1.29 is 0 Å². The maximum atomic E-state index is 12.0. The lowest BCUT2D eigenvalue weighted by Crippen LogP contribution is -2.23. The number of nitrogens with zero attached hydrogens (tertiary/aromatic N) is 3. The first-order chi connectivity index (χ1) is 10.2. The first-order valence-electron chi connectivity index (χ1n) is 6.25. The van der Waals surface area contributed by atoms with Gasteiger partial charge in [-0.05, 0) is 33.6 Å². The molecule has 6 heteroatoms. The number of nitriles is 1. The summed E-state index contributed by atoms with van der Waals surface area (Å²) in [5.41, 5.74) is 1.96. The minimum Gasteiger partial charge on any atom is -0.379 e. The van der Waals surface area contributed by atoms with E-state index in [0.29, 0.717) is 28.8 Å². The summed E-state index contributed by atoms with van der Waals surface area (Å²) in [5.74, 6) is 0. The lowest BCUT2D eigenvalue weighted by atomic mass is 10.1. The third-order valence-electron chi connectivity index (χ3n) is 2.83. The van der Waals surface area contributed by atoms with Crippen LogP contribution in [-0.4, -0.2) is 9.78 Å². The summed E-state index contributed by atoms with van der Waals surface area (Å²) in [5, 5.41) is 16.1. The molecule has 0 atom stereocenters. The number of rotatable bonds is 5. The largest absolute Gasteiger partial charge is 0.379 e. The van der Waals surface area contributed by atoms with E-state index in [4.69, 9.17) is 5.26 Å². The molecule has 1 N–H and O–H groups in total. The van der Waals surface area contributed by atoms with Crippen LogP contribution in [0, 0.1) is 11.3 Å². The second-order valence-electron chi connectivity index (χ2n) is 4.31. The average molecular weight is 345 g/mol. The van der Waals surface area contributed by atoms with E-state index in [1.54, 1.807) is 24.4 Å². The summed E-state index contributed by atoms with van der Waals surface area (Å²) in [6, 6.07) is 9.38. The number of aromatic nitrogens is 2. The average Bonchev–Trinajstić information content (AvgIpc) is 2.51. The van der Waals surface area contributed by atoms with Gasteiger partial charge >= 0.3 is 0 Å². The molecule has 106 valence electrons. The van der Waals surface area contributed by atoms with E-state index in [1.807, 2.05) is 12.1 Å². The first-order valence-corrected chi connectivity index (χ1v) is 7.04. The Morgan fingerprint density at radius 1 is 1.52 bits per heavy atom. The highest BCUT2D eigenvalue weighted by Crippen LogP contribution is 2.17.